The van der Waals surface area contributed by atoms with Gasteiger partial charge in [0, 0.05) is 31.5 Å². The summed E-state index contributed by atoms with van der Waals surface area (Å²) in [6.45, 7) is 0.674. The lowest BCUT2D eigenvalue weighted by atomic mass is 10.2. The van der Waals surface area contributed by atoms with Crippen LogP contribution in [0.15, 0.2) is 36.8 Å². The second-order valence-corrected chi connectivity index (χ2v) is 4.01. The predicted octanol–water partition coefficient (Wildman–Crippen LogP) is 1.39. The maximum absolute atomic E-state index is 11.5. The van der Waals surface area contributed by atoms with Gasteiger partial charge < -0.3 is 15.2 Å². The lowest BCUT2D eigenvalue weighted by Crippen LogP contribution is -2.17. The van der Waals surface area contributed by atoms with E-state index in [0.717, 1.165) is 11.4 Å². The molecule has 5 heteroatoms. The molecule has 0 radical (unpaired) electrons. The van der Waals surface area contributed by atoms with Crippen molar-refractivity contribution >= 4 is 11.6 Å². The Kier molecular flexibility index (Phi) is 3.62. The molecule has 0 spiro atoms. The second-order valence-electron chi connectivity index (χ2n) is 4.01. The molecular weight excluding hydrogens is 228 g/mol. The monoisotopic (exact) mass is 244 g/mol. The number of carbonyl (C=O) groups excluding carboxylic acids is 1. The maximum Gasteiger partial charge on any atom is 0.251 e. The normalized spacial score (nSPS) is 10.1. The van der Waals surface area contributed by atoms with Crippen LogP contribution in [0.3, 0.4) is 0 Å². The van der Waals surface area contributed by atoms with Crippen molar-refractivity contribution in [3.8, 4) is 0 Å². The topological polar surface area (TPSA) is 59.0 Å². The molecule has 2 aromatic rings. The van der Waals surface area contributed by atoms with E-state index >= 15 is 0 Å². The molecule has 1 aromatic heterocycles. The lowest BCUT2D eigenvalue weighted by molar-refractivity contribution is 0.0963. The van der Waals surface area contributed by atoms with Crippen LogP contribution >= 0.6 is 0 Å². The molecule has 0 bridgehead atoms. The van der Waals surface area contributed by atoms with E-state index < -0.39 is 0 Å². The fourth-order valence-corrected chi connectivity index (χ4v) is 1.66. The van der Waals surface area contributed by atoms with Gasteiger partial charge in [-0.1, -0.05) is 6.07 Å². The highest BCUT2D eigenvalue weighted by atomic mass is 16.1. The molecule has 1 heterocycles. The number of nitrogens with one attached hydrogen (secondary N) is 2. The first-order valence-electron chi connectivity index (χ1n) is 5.72. The van der Waals surface area contributed by atoms with Crippen LogP contribution in [0, 0.1) is 0 Å². The van der Waals surface area contributed by atoms with Gasteiger partial charge in [0.15, 0.2) is 0 Å². The van der Waals surface area contributed by atoms with Gasteiger partial charge in [-0.05, 0) is 18.2 Å². The second kappa shape index (κ2) is 5.35. The molecule has 94 valence electrons. The molecule has 0 fully saturated rings. The van der Waals surface area contributed by atoms with Gasteiger partial charge in [-0.2, -0.15) is 0 Å². The Hall–Kier alpha value is -2.30. The molecule has 0 aliphatic carbocycles. The van der Waals surface area contributed by atoms with E-state index in [1.165, 1.54) is 0 Å². The average Bonchev–Trinajstić information content (AvgIpc) is 2.81. The summed E-state index contributed by atoms with van der Waals surface area (Å²) in [6.07, 6.45) is 3.58. The summed E-state index contributed by atoms with van der Waals surface area (Å²) in [6, 6.07) is 7.41. The molecule has 5 nitrogen and oxygen atoms in total. The van der Waals surface area contributed by atoms with Crippen molar-refractivity contribution in [1.82, 2.24) is 14.9 Å². The summed E-state index contributed by atoms with van der Waals surface area (Å²) >= 11 is 0. The van der Waals surface area contributed by atoms with Crippen LogP contribution in [-0.4, -0.2) is 22.5 Å². The van der Waals surface area contributed by atoms with Gasteiger partial charge in [-0.3, -0.25) is 4.79 Å². The Balaban J connectivity index is 2.06. The van der Waals surface area contributed by atoms with E-state index in [9.17, 15) is 4.79 Å². The minimum atomic E-state index is -0.0841. The van der Waals surface area contributed by atoms with Gasteiger partial charge in [0.05, 0.1) is 18.6 Å². The van der Waals surface area contributed by atoms with Crippen LogP contribution in [0.25, 0.3) is 0 Å². The Morgan fingerprint density at radius 2 is 2.28 bits per heavy atom. The predicted molar refractivity (Wildman–Crippen MR) is 70.4 cm³/mol. The van der Waals surface area contributed by atoms with E-state index in [4.69, 9.17) is 0 Å². The highest BCUT2D eigenvalue weighted by Gasteiger charge is 2.04. The highest BCUT2D eigenvalue weighted by molar-refractivity contribution is 5.94. The van der Waals surface area contributed by atoms with Gasteiger partial charge in [-0.15, -0.1) is 0 Å². The third-order valence-electron chi connectivity index (χ3n) is 2.74. The minimum absolute atomic E-state index is 0.0841. The van der Waals surface area contributed by atoms with E-state index in [1.54, 1.807) is 19.4 Å². The van der Waals surface area contributed by atoms with Crippen molar-refractivity contribution in [2.45, 2.75) is 6.54 Å². The standard InChI is InChI=1S/C13H16N4O/c1-14-13(18)10-4-3-5-11(6-10)16-8-12-7-15-9-17(12)2/h3-7,9,16H,8H2,1-2H3,(H,14,18). The summed E-state index contributed by atoms with van der Waals surface area (Å²) in [5.74, 6) is -0.0841. The van der Waals surface area contributed by atoms with Crippen LogP contribution in [0.5, 0.6) is 0 Å². The van der Waals surface area contributed by atoms with Gasteiger partial charge in [-0.25, -0.2) is 4.98 Å². The van der Waals surface area contributed by atoms with Crippen LogP contribution in [0.2, 0.25) is 0 Å². The van der Waals surface area contributed by atoms with E-state index in [1.807, 2.05) is 36.0 Å². The SMILES string of the molecule is CNC(=O)c1cccc(NCc2cncn2C)c1. The van der Waals surface area contributed by atoms with E-state index in [2.05, 4.69) is 15.6 Å². The zero-order chi connectivity index (χ0) is 13.0. The molecule has 18 heavy (non-hydrogen) atoms. The first kappa shape index (κ1) is 12.2. The van der Waals surface area contributed by atoms with E-state index in [-0.39, 0.29) is 5.91 Å². The molecule has 0 unspecified atom stereocenters. The van der Waals surface area contributed by atoms with Crippen molar-refractivity contribution in [3.05, 3.63) is 48.0 Å². The highest BCUT2D eigenvalue weighted by Crippen LogP contribution is 2.12. The summed E-state index contributed by atoms with van der Waals surface area (Å²) in [5, 5.41) is 5.87. The number of amides is 1. The number of imidazole rings is 1. The summed E-state index contributed by atoms with van der Waals surface area (Å²) in [7, 11) is 3.57. The third kappa shape index (κ3) is 2.68. The quantitative estimate of drug-likeness (QED) is 0.854. The minimum Gasteiger partial charge on any atom is -0.379 e. The lowest BCUT2D eigenvalue weighted by Gasteiger charge is -2.08. The summed E-state index contributed by atoms with van der Waals surface area (Å²) in [5.41, 5.74) is 2.64. The summed E-state index contributed by atoms with van der Waals surface area (Å²) < 4.78 is 1.95. The number of benzene rings is 1. The number of hydrogen-bond acceptors (Lipinski definition) is 3. The summed E-state index contributed by atoms with van der Waals surface area (Å²) in [4.78, 5) is 15.6. The maximum atomic E-state index is 11.5. The van der Waals surface area contributed by atoms with Gasteiger partial charge in [0.25, 0.3) is 5.91 Å². The zero-order valence-electron chi connectivity index (χ0n) is 10.5. The fourth-order valence-electron chi connectivity index (χ4n) is 1.66. The molecule has 0 aliphatic heterocycles. The number of anilines is 1. The molecule has 0 atom stereocenters. The largest absolute Gasteiger partial charge is 0.379 e. The number of aryl methyl sites for hydroxylation is 1. The first-order valence-corrected chi connectivity index (χ1v) is 5.72. The first-order chi connectivity index (χ1) is 8.70. The number of aromatic nitrogens is 2. The number of nitrogens with zero attached hydrogens (tertiary/aromatic N) is 2. The third-order valence-corrected chi connectivity index (χ3v) is 2.74. The number of hydrogen-bond donors (Lipinski definition) is 2. The van der Waals surface area contributed by atoms with Crippen LogP contribution in [0.4, 0.5) is 5.69 Å². The molecule has 1 amide bonds. The van der Waals surface area contributed by atoms with Gasteiger partial charge in [0.1, 0.15) is 0 Å². The number of carbonyl (C=O) groups is 1. The van der Waals surface area contributed by atoms with Gasteiger partial charge in [0.2, 0.25) is 0 Å². The Morgan fingerprint density at radius 3 is 2.94 bits per heavy atom. The van der Waals surface area contributed by atoms with Gasteiger partial charge >= 0.3 is 0 Å². The Morgan fingerprint density at radius 1 is 1.44 bits per heavy atom. The smallest absolute Gasteiger partial charge is 0.251 e. The molecule has 1 aromatic carbocycles. The molecule has 0 aliphatic rings. The average molecular weight is 244 g/mol. The van der Waals surface area contributed by atoms with Crippen molar-refractivity contribution in [3.63, 3.8) is 0 Å². The van der Waals surface area contributed by atoms with Crippen LogP contribution < -0.4 is 10.6 Å². The molecule has 0 saturated heterocycles. The molecule has 0 saturated carbocycles. The van der Waals surface area contributed by atoms with Crippen LogP contribution in [0.1, 0.15) is 16.1 Å². The molecule has 2 rings (SSSR count). The van der Waals surface area contributed by atoms with Crippen molar-refractivity contribution < 1.29 is 4.79 Å². The van der Waals surface area contributed by atoms with Crippen molar-refractivity contribution in [2.75, 3.05) is 12.4 Å². The zero-order valence-corrected chi connectivity index (χ0v) is 10.5. The molecule has 2 N–H and O–H groups in total. The Labute approximate surface area is 106 Å². The molecular formula is C13H16N4O. The van der Waals surface area contributed by atoms with E-state index in [0.29, 0.717) is 12.1 Å². The van der Waals surface area contributed by atoms with Crippen molar-refractivity contribution in [1.29, 1.82) is 0 Å². The van der Waals surface area contributed by atoms with Crippen molar-refractivity contribution in [2.24, 2.45) is 7.05 Å². The fraction of sp³-hybridized carbons (Fsp3) is 0.231. The Bertz CT molecular complexity index is 547. The van der Waals surface area contributed by atoms with Crippen LogP contribution in [-0.2, 0) is 13.6 Å². The number of rotatable bonds is 4.